The van der Waals surface area contributed by atoms with Crippen molar-refractivity contribution in [1.82, 2.24) is 0 Å². The van der Waals surface area contributed by atoms with Crippen LogP contribution >= 0.6 is 0 Å². The summed E-state index contributed by atoms with van der Waals surface area (Å²) in [7, 11) is 1.70. The quantitative estimate of drug-likeness (QED) is 0.266. The van der Waals surface area contributed by atoms with Gasteiger partial charge in [0.05, 0.1) is 13.0 Å². The number of carbonyl (C=O) groups is 1. The van der Waals surface area contributed by atoms with E-state index in [1.54, 1.807) is 36.2 Å². The molecule has 0 aliphatic carbocycles. The fourth-order valence-electron chi connectivity index (χ4n) is 1.53. The molecule has 1 amide bonds. The van der Waals surface area contributed by atoms with E-state index in [1.165, 1.54) is 0 Å². The van der Waals surface area contributed by atoms with Crippen LogP contribution in [0.2, 0.25) is 0 Å². The van der Waals surface area contributed by atoms with Crippen LogP contribution in [0.4, 0.5) is 5.69 Å². The molecule has 1 aromatic carbocycles. The third kappa shape index (κ3) is 4.26. The summed E-state index contributed by atoms with van der Waals surface area (Å²) in [6, 6.07) is 6.87. The van der Waals surface area contributed by atoms with E-state index in [-0.39, 0.29) is 11.7 Å². The molecule has 1 rings (SSSR count). The molecule has 104 valence electrons. The van der Waals surface area contributed by atoms with E-state index in [0.29, 0.717) is 25.2 Å². The van der Waals surface area contributed by atoms with Crippen molar-refractivity contribution in [2.24, 2.45) is 10.9 Å². The van der Waals surface area contributed by atoms with Crippen molar-refractivity contribution in [1.29, 1.82) is 0 Å². The topological polar surface area (TPSA) is 88.2 Å². The van der Waals surface area contributed by atoms with Gasteiger partial charge in [-0.1, -0.05) is 5.16 Å². The van der Waals surface area contributed by atoms with Gasteiger partial charge in [-0.2, -0.15) is 0 Å². The molecule has 0 saturated heterocycles. The number of hydrogen-bond donors (Lipinski definition) is 2. The van der Waals surface area contributed by atoms with E-state index in [1.807, 2.05) is 6.92 Å². The lowest BCUT2D eigenvalue weighted by Gasteiger charge is -2.17. The maximum atomic E-state index is 11.9. The summed E-state index contributed by atoms with van der Waals surface area (Å²) in [6.07, 6.45) is 0.340. The molecule has 0 aromatic heterocycles. The van der Waals surface area contributed by atoms with Gasteiger partial charge in [0.15, 0.2) is 5.84 Å². The number of amidine groups is 1. The van der Waals surface area contributed by atoms with Gasteiger partial charge in [-0.15, -0.1) is 0 Å². The molecule has 3 N–H and O–H groups in total. The molecule has 0 spiro atoms. The third-order valence-corrected chi connectivity index (χ3v) is 2.70. The Kier molecular flexibility index (Phi) is 5.81. The SMILES string of the molecule is CCOCCC(=O)N(C)c1ccc(C(N)=NO)cc1. The highest BCUT2D eigenvalue weighted by molar-refractivity contribution is 5.98. The van der Waals surface area contributed by atoms with Crippen LogP contribution in [0.1, 0.15) is 18.9 Å². The number of amides is 1. The molecule has 0 radical (unpaired) electrons. The summed E-state index contributed by atoms with van der Waals surface area (Å²) in [4.78, 5) is 13.4. The Bertz CT molecular complexity index is 443. The highest BCUT2D eigenvalue weighted by Gasteiger charge is 2.10. The highest BCUT2D eigenvalue weighted by Crippen LogP contribution is 2.14. The second kappa shape index (κ2) is 7.38. The van der Waals surface area contributed by atoms with Crippen molar-refractivity contribution in [3.63, 3.8) is 0 Å². The largest absolute Gasteiger partial charge is 0.409 e. The molecule has 0 aliphatic heterocycles. The number of ether oxygens (including phenoxy) is 1. The fourth-order valence-corrected chi connectivity index (χ4v) is 1.53. The molecule has 0 atom stereocenters. The normalized spacial score (nSPS) is 11.4. The lowest BCUT2D eigenvalue weighted by Crippen LogP contribution is -2.27. The minimum atomic E-state index is -0.0232. The van der Waals surface area contributed by atoms with E-state index in [2.05, 4.69) is 5.16 Å². The predicted octanol–water partition coefficient (Wildman–Crippen LogP) is 1.17. The lowest BCUT2D eigenvalue weighted by molar-refractivity contribution is -0.119. The first kappa shape index (κ1) is 15.0. The summed E-state index contributed by atoms with van der Waals surface area (Å²) < 4.78 is 5.15. The van der Waals surface area contributed by atoms with Gasteiger partial charge in [0, 0.05) is 24.9 Å². The van der Waals surface area contributed by atoms with Crippen LogP contribution < -0.4 is 10.6 Å². The number of rotatable bonds is 6. The third-order valence-electron chi connectivity index (χ3n) is 2.70. The van der Waals surface area contributed by atoms with Gasteiger partial charge in [0.25, 0.3) is 0 Å². The van der Waals surface area contributed by atoms with Crippen molar-refractivity contribution in [2.75, 3.05) is 25.2 Å². The average molecular weight is 265 g/mol. The summed E-state index contributed by atoms with van der Waals surface area (Å²) in [5, 5.41) is 11.5. The van der Waals surface area contributed by atoms with Gasteiger partial charge < -0.3 is 20.6 Å². The second-order valence-corrected chi connectivity index (χ2v) is 3.93. The molecule has 1 aromatic rings. The number of anilines is 1. The lowest BCUT2D eigenvalue weighted by atomic mass is 10.2. The smallest absolute Gasteiger partial charge is 0.229 e. The zero-order chi connectivity index (χ0) is 14.3. The fraction of sp³-hybridized carbons (Fsp3) is 0.385. The highest BCUT2D eigenvalue weighted by atomic mass is 16.5. The molecule has 0 heterocycles. The molecule has 19 heavy (non-hydrogen) atoms. The van der Waals surface area contributed by atoms with Crippen LogP contribution in [0.3, 0.4) is 0 Å². The number of nitrogens with zero attached hydrogens (tertiary/aromatic N) is 2. The van der Waals surface area contributed by atoms with Gasteiger partial charge in [-0.3, -0.25) is 4.79 Å². The van der Waals surface area contributed by atoms with Crippen molar-refractivity contribution in [3.8, 4) is 0 Å². The minimum absolute atomic E-state index is 0.0232. The van der Waals surface area contributed by atoms with Crippen LogP contribution in [-0.2, 0) is 9.53 Å². The Labute approximate surface area is 112 Å². The molecule has 6 heteroatoms. The Balaban J connectivity index is 2.67. The monoisotopic (exact) mass is 265 g/mol. The molecule has 0 aliphatic rings. The Morgan fingerprint density at radius 2 is 2.05 bits per heavy atom. The second-order valence-electron chi connectivity index (χ2n) is 3.93. The van der Waals surface area contributed by atoms with Crippen LogP contribution in [0.25, 0.3) is 0 Å². The molecule has 0 unspecified atom stereocenters. The number of nitrogens with two attached hydrogens (primary N) is 1. The van der Waals surface area contributed by atoms with Crippen LogP contribution in [0.15, 0.2) is 29.4 Å². The zero-order valence-corrected chi connectivity index (χ0v) is 11.2. The standard InChI is InChI=1S/C13H19N3O3/c1-3-19-9-8-12(17)16(2)11-6-4-10(5-7-11)13(14)15-18/h4-7,18H,3,8-9H2,1-2H3,(H2,14,15). The Morgan fingerprint density at radius 3 is 2.58 bits per heavy atom. The van der Waals surface area contributed by atoms with Gasteiger partial charge in [-0.05, 0) is 31.2 Å². The molecule has 0 saturated carbocycles. The number of carbonyl (C=O) groups excluding carboxylic acids is 1. The molecular weight excluding hydrogens is 246 g/mol. The first-order valence-corrected chi connectivity index (χ1v) is 6.02. The van der Waals surface area contributed by atoms with Gasteiger partial charge in [0.2, 0.25) is 5.91 Å². The number of benzene rings is 1. The minimum Gasteiger partial charge on any atom is -0.409 e. The first-order valence-electron chi connectivity index (χ1n) is 6.02. The maximum absolute atomic E-state index is 11.9. The van der Waals surface area contributed by atoms with Crippen molar-refractivity contribution >= 4 is 17.4 Å². The average Bonchev–Trinajstić information content (AvgIpc) is 2.46. The summed E-state index contributed by atoms with van der Waals surface area (Å²) >= 11 is 0. The molecule has 0 fully saturated rings. The van der Waals surface area contributed by atoms with E-state index < -0.39 is 0 Å². The Hall–Kier alpha value is -2.08. The summed E-state index contributed by atoms with van der Waals surface area (Å²) in [5.41, 5.74) is 6.81. The van der Waals surface area contributed by atoms with Crippen molar-refractivity contribution in [3.05, 3.63) is 29.8 Å². The van der Waals surface area contributed by atoms with Gasteiger partial charge in [-0.25, -0.2) is 0 Å². The van der Waals surface area contributed by atoms with Gasteiger partial charge in [0.1, 0.15) is 0 Å². The zero-order valence-electron chi connectivity index (χ0n) is 11.2. The van der Waals surface area contributed by atoms with E-state index in [4.69, 9.17) is 15.7 Å². The van der Waals surface area contributed by atoms with Gasteiger partial charge >= 0.3 is 0 Å². The van der Waals surface area contributed by atoms with Crippen LogP contribution in [-0.4, -0.2) is 37.2 Å². The summed E-state index contributed by atoms with van der Waals surface area (Å²) in [5.74, 6) is 0.0156. The maximum Gasteiger partial charge on any atom is 0.229 e. The van der Waals surface area contributed by atoms with E-state index in [0.717, 1.165) is 5.69 Å². The van der Waals surface area contributed by atoms with E-state index >= 15 is 0 Å². The van der Waals surface area contributed by atoms with Crippen LogP contribution in [0.5, 0.6) is 0 Å². The first-order chi connectivity index (χ1) is 9.10. The van der Waals surface area contributed by atoms with Crippen molar-refractivity contribution in [2.45, 2.75) is 13.3 Å². The van der Waals surface area contributed by atoms with Crippen LogP contribution in [0, 0.1) is 0 Å². The molecule has 0 bridgehead atoms. The summed E-state index contributed by atoms with van der Waals surface area (Å²) in [6.45, 7) is 2.91. The molecular formula is C13H19N3O3. The number of hydrogen-bond acceptors (Lipinski definition) is 4. The predicted molar refractivity (Wildman–Crippen MR) is 73.5 cm³/mol. The number of oxime groups is 1. The Morgan fingerprint density at radius 1 is 1.42 bits per heavy atom. The van der Waals surface area contributed by atoms with E-state index in [9.17, 15) is 4.79 Å². The van der Waals surface area contributed by atoms with Crippen molar-refractivity contribution < 1.29 is 14.7 Å². The molecule has 6 nitrogen and oxygen atoms in total.